The standard InChI is InChI=1S/C21H29N3O4/c1-14-8-15(2)12-24(11-14)20(25)6-5-7-23-13-22-17-10-19(28-4)18(27-3)9-16(17)21(23)26/h9-10,13-15H,5-8,11-12H2,1-4H3. The molecule has 1 amide bonds. The van der Waals surface area contributed by atoms with Crippen LogP contribution in [0.5, 0.6) is 11.5 Å². The van der Waals surface area contributed by atoms with Gasteiger partial charge in [-0.05, 0) is 30.7 Å². The zero-order valence-corrected chi connectivity index (χ0v) is 17.1. The summed E-state index contributed by atoms with van der Waals surface area (Å²) in [6.45, 7) is 6.52. The Balaban J connectivity index is 1.68. The number of fused-ring (bicyclic) bond motifs is 1. The lowest BCUT2D eigenvalue weighted by Gasteiger charge is -2.35. The number of aryl methyl sites for hydroxylation is 1. The molecule has 7 nitrogen and oxygen atoms in total. The first-order chi connectivity index (χ1) is 13.4. The smallest absolute Gasteiger partial charge is 0.261 e. The van der Waals surface area contributed by atoms with Gasteiger partial charge in [0, 0.05) is 32.1 Å². The Kier molecular flexibility index (Phi) is 6.21. The third-order valence-corrected chi connectivity index (χ3v) is 5.34. The molecule has 2 aromatic rings. The summed E-state index contributed by atoms with van der Waals surface area (Å²) in [6, 6.07) is 3.35. The minimum Gasteiger partial charge on any atom is -0.493 e. The molecule has 1 aliphatic rings. The van der Waals surface area contributed by atoms with Crippen LogP contribution in [0.1, 0.15) is 33.1 Å². The summed E-state index contributed by atoms with van der Waals surface area (Å²) in [5, 5.41) is 0.477. The minimum absolute atomic E-state index is 0.140. The van der Waals surface area contributed by atoms with E-state index < -0.39 is 0 Å². The molecule has 0 saturated carbocycles. The van der Waals surface area contributed by atoms with Crippen LogP contribution in [0.25, 0.3) is 10.9 Å². The number of methoxy groups -OCH3 is 2. The second kappa shape index (κ2) is 8.63. The molecule has 1 aliphatic heterocycles. The molecule has 1 aromatic heterocycles. The second-order valence-corrected chi connectivity index (χ2v) is 7.82. The number of hydrogen-bond donors (Lipinski definition) is 0. The highest BCUT2D eigenvalue weighted by Gasteiger charge is 2.24. The predicted molar refractivity (Wildman–Crippen MR) is 108 cm³/mol. The van der Waals surface area contributed by atoms with E-state index in [1.54, 1.807) is 23.8 Å². The first-order valence-electron chi connectivity index (χ1n) is 9.81. The normalized spacial score (nSPS) is 19.6. The van der Waals surface area contributed by atoms with E-state index in [4.69, 9.17) is 9.47 Å². The molecule has 1 fully saturated rings. The number of amides is 1. The molecular formula is C21H29N3O4. The van der Waals surface area contributed by atoms with Gasteiger partial charge in [0.05, 0.1) is 31.4 Å². The second-order valence-electron chi connectivity index (χ2n) is 7.82. The van der Waals surface area contributed by atoms with E-state index in [-0.39, 0.29) is 11.5 Å². The summed E-state index contributed by atoms with van der Waals surface area (Å²) in [5.74, 6) is 2.30. The van der Waals surface area contributed by atoms with Crippen LogP contribution in [0.4, 0.5) is 0 Å². The molecule has 2 atom stereocenters. The summed E-state index contributed by atoms with van der Waals surface area (Å²) in [6.07, 6.45) is 3.76. The predicted octanol–water partition coefficient (Wildman–Crippen LogP) is 2.70. The van der Waals surface area contributed by atoms with Gasteiger partial charge in [-0.2, -0.15) is 0 Å². The van der Waals surface area contributed by atoms with Crippen LogP contribution in [0.15, 0.2) is 23.3 Å². The number of ether oxygens (including phenoxy) is 2. The molecular weight excluding hydrogens is 358 g/mol. The quantitative estimate of drug-likeness (QED) is 0.762. The van der Waals surface area contributed by atoms with E-state index in [1.807, 2.05) is 4.90 Å². The van der Waals surface area contributed by atoms with Crippen LogP contribution >= 0.6 is 0 Å². The van der Waals surface area contributed by atoms with Crippen LogP contribution < -0.4 is 15.0 Å². The monoisotopic (exact) mass is 387 g/mol. The van der Waals surface area contributed by atoms with Gasteiger partial charge in [-0.15, -0.1) is 0 Å². The van der Waals surface area contributed by atoms with Crippen LogP contribution in [-0.2, 0) is 11.3 Å². The fourth-order valence-electron chi connectivity index (χ4n) is 4.07. The van der Waals surface area contributed by atoms with Gasteiger partial charge in [0.25, 0.3) is 5.56 Å². The van der Waals surface area contributed by atoms with E-state index in [9.17, 15) is 9.59 Å². The van der Waals surface area contributed by atoms with Crippen molar-refractivity contribution in [1.29, 1.82) is 0 Å². The zero-order valence-electron chi connectivity index (χ0n) is 17.1. The van der Waals surface area contributed by atoms with Gasteiger partial charge < -0.3 is 14.4 Å². The Bertz CT molecular complexity index is 898. The lowest BCUT2D eigenvalue weighted by atomic mass is 9.91. The Labute approximate surface area is 165 Å². The zero-order chi connectivity index (χ0) is 20.3. The molecule has 0 bridgehead atoms. The number of carbonyl (C=O) groups is 1. The molecule has 1 aromatic carbocycles. The van der Waals surface area contributed by atoms with E-state index in [0.29, 0.717) is 53.6 Å². The lowest BCUT2D eigenvalue weighted by molar-refractivity contribution is -0.134. The van der Waals surface area contributed by atoms with Crippen molar-refractivity contribution in [3.8, 4) is 11.5 Å². The maximum absolute atomic E-state index is 12.8. The number of rotatable bonds is 6. The minimum atomic E-state index is -0.140. The maximum atomic E-state index is 12.8. The average molecular weight is 387 g/mol. The number of hydrogen-bond acceptors (Lipinski definition) is 5. The number of likely N-dealkylation sites (tertiary alicyclic amines) is 1. The Morgan fingerprint density at radius 1 is 1.14 bits per heavy atom. The first kappa shape index (κ1) is 20.2. The van der Waals surface area contributed by atoms with Crippen molar-refractivity contribution in [1.82, 2.24) is 14.5 Å². The summed E-state index contributed by atoms with van der Waals surface area (Å²) >= 11 is 0. The van der Waals surface area contributed by atoms with Crippen LogP contribution in [-0.4, -0.2) is 47.7 Å². The summed E-state index contributed by atoms with van der Waals surface area (Å²) in [7, 11) is 3.08. The molecule has 0 N–H and O–H groups in total. The van der Waals surface area contributed by atoms with Crippen molar-refractivity contribution in [3.63, 3.8) is 0 Å². The van der Waals surface area contributed by atoms with Crippen molar-refractivity contribution in [2.45, 2.75) is 39.7 Å². The average Bonchev–Trinajstić information content (AvgIpc) is 2.68. The highest BCUT2D eigenvalue weighted by molar-refractivity contribution is 5.81. The SMILES string of the molecule is COc1cc2ncn(CCCC(=O)N3CC(C)CC(C)C3)c(=O)c2cc1OC. The molecule has 0 radical (unpaired) electrons. The van der Waals surface area contributed by atoms with Gasteiger partial charge in [0.2, 0.25) is 5.91 Å². The number of nitrogens with zero attached hydrogens (tertiary/aromatic N) is 3. The molecule has 1 saturated heterocycles. The van der Waals surface area contributed by atoms with Crippen LogP contribution in [0.3, 0.4) is 0 Å². The topological polar surface area (TPSA) is 73.7 Å². The lowest BCUT2D eigenvalue weighted by Crippen LogP contribution is -2.42. The van der Waals surface area contributed by atoms with Gasteiger partial charge in [0.1, 0.15) is 0 Å². The van der Waals surface area contributed by atoms with E-state index in [2.05, 4.69) is 18.8 Å². The molecule has 152 valence electrons. The first-order valence-corrected chi connectivity index (χ1v) is 9.81. The number of aromatic nitrogens is 2. The van der Waals surface area contributed by atoms with Crippen molar-refractivity contribution in [2.75, 3.05) is 27.3 Å². The highest BCUT2D eigenvalue weighted by atomic mass is 16.5. The van der Waals surface area contributed by atoms with Crippen LogP contribution in [0, 0.1) is 11.8 Å². The molecule has 0 spiro atoms. The van der Waals surface area contributed by atoms with Gasteiger partial charge >= 0.3 is 0 Å². The van der Waals surface area contributed by atoms with Crippen molar-refractivity contribution in [2.24, 2.45) is 11.8 Å². The Morgan fingerprint density at radius 2 is 1.79 bits per heavy atom. The highest BCUT2D eigenvalue weighted by Crippen LogP contribution is 2.29. The number of carbonyl (C=O) groups excluding carboxylic acids is 1. The molecule has 0 aliphatic carbocycles. The third kappa shape index (κ3) is 4.29. The third-order valence-electron chi connectivity index (χ3n) is 5.34. The summed E-state index contributed by atoms with van der Waals surface area (Å²) in [4.78, 5) is 31.6. The molecule has 2 unspecified atom stereocenters. The van der Waals surface area contributed by atoms with E-state index in [1.165, 1.54) is 19.9 Å². The summed E-state index contributed by atoms with van der Waals surface area (Å²) < 4.78 is 12.1. The largest absolute Gasteiger partial charge is 0.493 e. The molecule has 3 rings (SSSR count). The Morgan fingerprint density at radius 3 is 2.43 bits per heavy atom. The maximum Gasteiger partial charge on any atom is 0.261 e. The molecule has 28 heavy (non-hydrogen) atoms. The number of piperidine rings is 1. The molecule has 7 heteroatoms. The van der Waals surface area contributed by atoms with Gasteiger partial charge in [-0.3, -0.25) is 14.2 Å². The van der Waals surface area contributed by atoms with Crippen LogP contribution in [0.2, 0.25) is 0 Å². The Hall–Kier alpha value is -2.57. The van der Waals surface area contributed by atoms with Gasteiger partial charge in [-0.1, -0.05) is 13.8 Å². The summed E-state index contributed by atoms with van der Waals surface area (Å²) in [5.41, 5.74) is 0.421. The van der Waals surface area contributed by atoms with Crippen molar-refractivity contribution < 1.29 is 14.3 Å². The van der Waals surface area contributed by atoms with Crippen molar-refractivity contribution >= 4 is 16.8 Å². The van der Waals surface area contributed by atoms with E-state index >= 15 is 0 Å². The fourth-order valence-corrected chi connectivity index (χ4v) is 4.07. The van der Waals surface area contributed by atoms with Gasteiger partial charge in [-0.25, -0.2) is 4.98 Å². The number of benzene rings is 1. The fraction of sp³-hybridized carbons (Fsp3) is 0.571. The van der Waals surface area contributed by atoms with Crippen molar-refractivity contribution in [3.05, 3.63) is 28.8 Å². The van der Waals surface area contributed by atoms with E-state index in [0.717, 1.165) is 13.1 Å². The van der Waals surface area contributed by atoms with Gasteiger partial charge in [0.15, 0.2) is 11.5 Å². The molecule has 2 heterocycles.